The van der Waals surface area contributed by atoms with Crippen LogP contribution in [0.3, 0.4) is 0 Å². The molecule has 1 heterocycles. The molecule has 1 aliphatic heterocycles. The first-order valence-corrected chi connectivity index (χ1v) is 6.54. The molecule has 0 radical (unpaired) electrons. The summed E-state index contributed by atoms with van der Waals surface area (Å²) < 4.78 is 23.3. The van der Waals surface area contributed by atoms with E-state index in [4.69, 9.17) is 0 Å². The first-order chi connectivity index (χ1) is 6.78. The Morgan fingerprint density at radius 2 is 1.56 bits per heavy atom. The highest BCUT2D eigenvalue weighted by atomic mass is 32.2. The van der Waals surface area contributed by atoms with Gasteiger partial charge in [0, 0.05) is 0 Å². The molecule has 6 heteroatoms. The smallest absolute Gasteiger partial charge is 0.259 e. The fraction of sp³-hybridized carbons (Fsp3) is 0.900. The van der Waals surface area contributed by atoms with Crippen LogP contribution in [-0.4, -0.2) is 39.6 Å². The minimum atomic E-state index is -3.67. The molecule has 94 valence electrons. The zero-order valence-corrected chi connectivity index (χ0v) is 11.3. The third kappa shape index (κ3) is 1.32. The molecule has 0 aromatic rings. The molecule has 1 aliphatic rings. The van der Waals surface area contributed by atoms with Gasteiger partial charge in [-0.2, -0.15) is 0 Å². The molecule has 0 bridgehead atoms. The van der Waals surface area contributed by atoms with Crippen LogP contribution in [0.15, 0.2) is 0 Å². The largest absolute Gasteiger partial charge is 0.388 e. The van der Waals surface area contributed by atoms with Gasteiger partial charge in [-0.05, 0) is 41.5 Å². The van der Waals surface area contributed by atoms with E-state index in [0.29, 0.717) is 0 Å². The Morgan fingerprint density at radius 3 is 1.81 bits per heavy atom. The van der Waals surface area contributed by atoms with Crippen LogP contribution in [-0.2, 0) is 14.8 Å². The molecule has 5 nitrogen and oxygen atoms in total. The van der Waals surface area contributed by atoms with Gasteiger partial charge in [0.25, 0.3) is 15.9 Å². The second-order valence-electron chi connectivity index (χ2n) is 5.70. The molecule has 0 saturated carbocycles. The lowest BCUT2D eigenvalue weighted by Crippen LogP contribution is -2.76. The highest BCUT2D eigenvalue weighted by molar-refractivity contribution is 7.94. The lowest BCUT2D eigenvalue weighted by molar-refractivity contribution is -0.144. The Hall–Kier alpha value is -0.620. The van der Waals surface area contributed by atoms with Crippen molar-refractivity contribution in [2.75, 3.05) is 0 Å². The van der Waals surface area contributed by atoms with Crippen molar-refractivity contribution >= 4 is 15.9 Å². The Labute approximate surface area is 96.5 Å². The molecule has 0 unspecified atom stereocenters. The van der Waals surface area contributed by atoms with E-state index >= 15 is 0 Å². The van der Waals surface area contributed by atoms with Gasteiger partial charge in [0.2, 0.25) is 0 Å². The molecule has 1 N–H and O–H groups in total. The maximum atomic E-state index is 12.0. The fourth-order valence-electron chi connectivity index (χ4n) is 1.46. The van der Waals surface area contributed by atoms with Crippen molar-refractivity contribution in [3.63, 3.8) is 0 Å². The van der Waals surface area contributed by atoms with Gasteiger partial charge in [0.15, 0.2) is 4.75 Å². The van der Waals surface area contributed by atoms with Gasteiger partial charge in [0.05, 0.1) is 11.1 Å². The number of aliphatic hydroxyl groups is 1. The molecule has 0 aliphatic carbocycles. The normalized spacial score (nSPS) is 24.2. The van der Waals surface area contributed by atoms with Gasteiger partial charge in [0.1, 0.15) is 0 Å². The number of carbonyl (C=O) groups excluding carboxylic acids is 1. The SMILES string of the molecule is CC(C)(O)C(C)(C)N1C(=O)C(C)(C)S1(=O)=O. The number of sulfonamides is 1. The maximum Gasteiger partial charge on any atom is 0.259 e. The van der Waals surface area contributed by atoms with E-state index in [1.54, 1.807) is 0 Å². The first-order valence-electron chi connectivity index (χ1n) is 5.09. The lowest BCUT2D eigenvalue weighted by atomic mass is 9.85. The highest BCUT2D eigenvalue weighted by Crippen LogP contribution is 2.43. The van der Waals surface area contributed by atoms with E-state index < -0.39 is 31.8 Å². The third-order valence-electron chi connectivity index (χ3n) is 3.59. The van der Waals surface area contributed by atoms with E-state index in [-0.39, 0.29) is 0 Å². The second kappa shape index (κ2) is 2.98. The Kier molecular flexibility index (Phi) is 2.51. The Balaban J connectivity index is 3.27. The zero-order chi connectivity index (χ0) is 13.2. The fourth-order valence-corrected chi connectivity index (χ4v) is 3.36. The summed E-state index contributed by atoms with van der Waals surface area (Å²) >= 11 is 0. The van der Waals surface area contributed by atoms with Crippen LogP contribution in [0.4, 0.5) is 0 Å². The van der Waals surface area contributed by atoms with Crippen molar-refractivity contribution in [2.24, 2.45) is 0 Å². The molecule has 1 saturated heterocycles. The summed E-state index contributed by atoms with van der Waals surface area (Å²) in [4.78, 5) is 11.8. The quantitative estimate of drug-likeness (QED) is 0.772. The predicted molar refractivity (Wildman–Crippen MR) is 60.2 cm³/mol. The van der Waals surface area contributed by atoms with Gasteiger partial charge in [-0.1, -0.05) is 0 Å². The van der Waals surface area contributed by atoms with Crippen molar-refractivity contribution in [3.8, 4) is 0 Å². The van der Waals surface area contributed by atoms with Crippen LogP contribution in [0, 0.1) is 0 Å². The van der Waals surface area contributed by atoms with Crippen LogP contribution in [0.25, 0.3) is 0 Å². The summed E-state index contributed by atoms with van der Waals surface area (Å²) in [7, 11) is -3.67. The lowest BCUT2D eigenvalue weighted by Gasteiger charge is -2.54. The number of amides is 1. The molecule has 1 fully saturated rings. The molecule has 0 aromatic heterocycles. The zero-order valence-electron chi connectivity index (χ0n) is 10.5. The summed E-state index contributed by atoms with van der Waals surface area (Å²) in [5.41, 5.74) is -2.45. The van der Waals surface area contributed by atoms with Crippen LogP contribution in [0.1, 0.15) is 41.5 Å². The number of rotatable bonds is 2. The Morgan fingerprint density at radius 1 is 1.19 bits per heavy atom. The molecule has 0 spiro atoms. The van der Waals surface area contributed by atoms with E-state index in [9.17, 15) is 18.3 Å². The van der Waals surface area contributed by atoms with Crippen molar-refractivity contribution in [3.05, 3.63) is 0 Å². The van der Waals surface area contributed by atoms with Gasteiger partial charge in [-0.3, -0.25) is 4.79 Å². The molecule has 0 atom stereocenters. The second-order valence-corrected chi connectivity index (χ2v) is 8.04. The van der Waals surface area contributed by atoms with Crippen molar-refractivity contribution in [2.45, 2.75) is 57.4 Å². The minimum absolute atomic E-state index is 0.473. The minimum Gasteiger partial charge on any atom is -0.388 e. The average molecular weight is 249 g/mol. The molecule has 1 rings (SSSR count). The summed E-state index contributed by atoms with van der Waals surface area (Å²) in [6.07, 6.45) is 0. The molecular formula is C10H19NO4S. The van der Waals surface area contributed by atoms with Crippen LogP contribution in [0.2, 0.25) is 0 Å². The summed E-state index contributed by atoms with van der Waals surface area (Å²) in [5.74, 6) is -0.473. The maximum absolute atomic E-state index is 12.0. The van der Waals surface area contributed by atoms with Crippen LogP contribution in [0.5, 0.6) is 0 Å². The van der Waals surface area contributed by atoms with Crippen molar-refractivity contribution < 1.29 is 18.3 Å². The summed E-state index contributed by atoms with van der Waals surface area (Å²) in [5, 5.41) is 9.94. The van der Waals surface area contributed by atoms with Crippen LogP contribution < -0.4 is 0 Å². The standard InChI is InChI=1S/C10H19NO4S/c1-8(2)7(12)11(16(8,14)15)9(3,4)10(5,6)13/h13H,1-6H3. The monoisotopic (exact) mass is 249 g/mol. The van der Waals surface area contributed by atoms with Gasteiger partial charge < -0.3 is 5.11 Å². The third-order valence-corrected chi connectivity index (χ3v) is 6.16. The molecule has 1 amide bonds. The molecular weight excluding hydrogens is 230 g/mol. The molecule has 16 heavy (non-hydrogen) atoms. The van der Waals surface area contributed by atoms with Crippen molar-refractivity contribution in [1.82, 2.24) is 4.31 Å². The first kappa shape index (κ1) is 13.4. The Bertz CT molecular complexity index is 428. The van der Waals surface area contributed by atoms with Gasteiger partial charge >= 0.3 is 0 Å². The van der Waals surface area contributed by atoms with Gasteiger partial charge in [-0.15, -0.1) is 0 Å². The summed E-state index contributed by atoms with van der Waals surface area (Å²) in [6, 6.07) is 0. The number of hydrogen-bond donors (Lipinski definition) is 1. The highest BCUT2D eigenvalue weighted by Gasteiger charge is 2.66. The average Bonchev–Trinajstić information content (AvgIpc) is 2.00. The van der Waals surface area contributed by atoms with E-state index in [0.717, 1.165) is 4.31 Å². The predicted octanol–water partition coefficient (Wildman–Crippen LogP) is 0.486. The number of hydrogen-bond acceptors (Lipinski definition) is 4. The number of nitrogens with zero attached hydrogens (tertiary/aromatic N) is 1. The van der Waals surface area contributed by atoms with E-state index in [1.165, 1.54) is 41.5 Å². The van der Waals surface area contributed by atoms with E-state index in [1.807, 2.05) is 0 Å². The topological polar surface area (TPSA) is 74.7 Å². The van der Waals surface area contributed by atoms with Crippen molar-refractivity contribution in [1.29, 1.82) is 0 Å². The van der Waals surface area contributed by atoms with E-state index in [2.05, 4.69) is 0 Å². The van der Waals surface area contributed by atoms with Crippen LogP contribution >= 0.6 is 0 Å². The molecule has 0 aromatic carbocycles. The van der Waals surface area contributed by atoms with Gasteiger partial charge in [-0.25, -0.2) is 12.7 Å². The number of carbonyl (C=O) groups is 1. The summed E-state index contributed by atoms with van der Waals surface area (Å²) in [6.45, 7) is 8.81.